The van der Waals surface area contributed by atoms with Crippen LogP contribution in [0.4, 0.5) is 0 Å². The Morgan fingerprint density at radius 2 is 1.63 bits per heavy atom. The van der Waals surface area contributed by atoms with Gasteiger partial charge in [0.05, 0.1) is 18.6 Å². The van der Waals surface area contributed by atoms with Gasteiger partial charge in [0, 0.05) is 12.1 Å². The van der Waals surface area contributed by atoms with Gasteiger partial charge in [-0.25, -0.2) is 13.1 Å². The van der Waals surface area contributed by atoms with E-state index in [1.54, 1.807) is 13.8 Å². The second kappa shape index (κ2) is 5.90. The second-order valence-electron chi connectivity index (χ2n) is 4.48. The molecule has 0 spiro atoms. The molecule has 0 aliphatic rings. The number of aliphatic hydroxyl groups excluding tert-OH is 1. The molecule has 0 aromatic heterocycles. The van der Waals surface area contributed by atoms with Gasteiger partial charge in [-0.2, -0.15) is 0 Å². The van der Waals surface area contributed by atoms with Crippen LogP contribution in [0.1, 0.15) is 22.3 Å². The van der Waals surface area contributed by atoms with Crippen molar-refractivity contribution in [3.63, 3.8) is 0 Å². The minimum absolute atomic E-state index is 0.00352. The van der Waals surface area contributed by atoms with Crippen molar-refractivity contribution in [2.75, 3.05) is 20.3 Å². The van der Waals surface area contributed by atoms with Crippen molar-refractivity contribution < 1.29 is 18.3 Å². The molecule has 5 nitrogen and oxygen atoms in total. The highest BCUT2D eigenvalue weighted by molar-refractivity contribution is 7.89. The fourth-order valence-electron chi connectivity index (χ4n) is 2.25. The lowest BCUT2D eigenvalue weighted by Gasteiger charge is -2.19. The molecule has 0 atom stereocenters. The third kappa shape index (κ3) is 2.91. The van der Waals surface area contributed by atoms with Crippen LogP contribution in [0.15, 0.2) is 4.90 Å². The van der Waals surface area contributed by atoms with Crippen LogP contribution < -0.4 is 9.46 Å². The van der Waals surface area contributed by atoms with E-state index < -0.39 is 10.0 Å². The summed E-state index contributed by atoms with van der Waals surface area (Å²) in [6, 6.07) is 0. The van der Waals surface area contributed by atoms with E-state index in [1.165, 1.54) is 7.11 Å². The first-order chi connectivity index (χ1) is 8.77. The van der Waals surface area contributed by atoms with E-state index in [0.717, 1.165) is 11.1 Å². The molecule has 0 unspecified atom stereocenters. The van der Waals surface area contributed by atoms with Crippen LogP contribution >= 0.6 is 0 Å². The molecule has 1 aromatic carbocycles. The average molecular weight is 287 g/mol. The van der Waals surface area contributed by atoms with Gasteiger partial charge < -0.3 is 9.84 Å². The number of hydrogen-bond acceptors (Lipinski definition) is 4. The predicted octanol–water partition coefficient (Wildman–Crippen LogP) is 1.20. The lowest BCUT2D eigenvalue weighted by Crippen LogP contribution is -2.28. The summed E-state index contributed by atoms with van der Waals surface area (Å²) in [7, 11) is -2.12. The highest BCUT2D eigenvalue weighted by atomic mass is 32.2. The molecule has 1 aromatic rings. The van der Waals surface area contributed by atoms with Gasteiger partial charge in [-0.3, -0.25) is 0 Å². The fourth-order valence-corrected chi connectivity index (χ4v) is 3.81. The third-order valence-electron chi connectivity index (χ3n) is 3.36. The summed E-state index contributed by atoms with van der Waals surface area (Å²) in [6.45, 7) is 7.05. The quantitative estimate of drug-likeness (QED) is 0.853. The van der Waals surface area contributed by atoms with Crippen molar-refractivity contribution in [3.8, 4) is 5.75 Å². The van der Waals surface area contributed by atoms with Crippen molar-refractivity contribution in [2.24, 2.45) is 0 Å². The molecular formula is C13H21NO4S. The molecule has 0 saturated carbocycles. The summed E-state index contributed by atoms with van der Waals surface area (Å²) in [6.07, 6.45) is 0. The number of benzene rings is 1. The first-order valence-electron chi connectivity index (χ1n) is 6.02. The van der Waals surface area contributed by atoms with Crippen molar-refractivity contribution in [3.05, 3.63) is 22.3 Å². The van der Waals surface area contributed by atoms with Gasteiger partial charge in [-0.05, 0) is 44.4 Å². The van der Waals surface area contributed by atoms with E-state index in [9.17, 15) is 8.42 Å². The van der Waals surface area contributed by atoms with Crippen LogP contribution in [-0.4, -0.2) is 33.8 Å². The number of sulfonamides is 1. The van der Waals surface area contributed by atoms with E-state index in [2.05, 4.69) is 4.72 Å². The van der Waals surface area contributed by atoms with Gasteiger partial charge in [0.1, 0.15) is 5.75 Å². The Kier molecular flexibility index (Phi) is 4.95. The number of rotatable bonds is 5. The van der Waals surface area contributed by atoms with Crippen LogP contribution in [0.2, 0.25) is 0 Å². The van der Waals surface area contributed by atoms with E-state index >= 15 is 0 Å². The Balaban J connectivity index is 3.56. The molecule has 0 aliphatic heterocycles. The monoisotopic (exact) mass is 287 g/mol. The second-order valence-corrected chi connectivity index (χ2v) is 6.19. The zero-order valence-corrected chi connectivity index (χ0v) is 12.8. The van der Waals surface area contributed by atoms with Crippen molar-refractivity contribution in [2.45, 2.75) is 32.6 Å². The SMILES string of the molecule is COc1c(C)c(C)c(C)c(S(=O)(=O)NCCO)c1C. The lowest BCUT2D eigenvalue weighted by atomic mass is 9.99. The minimum Gasteiger partial charge on any atom is -0.496 e. The summed E-state index contributed by atoms with van der Waals surface area (Å²) in [5.41, 5.74) is 3.14. The molecule has 19 heavy (non-hydrogen) atoms. The highest BCUT2D eigenvalue weighted by Crippen LogP contribution is 2.34. The first-order valence-corrected chi connectivity index (χ1v) is 7.51. The van der Waals surface area contributed by atoms with Gasteiger partial charge in [0.2, 0.25) is 10.0 Å². The molecule has 0 fully saturated rings. The maximum Gasteiger partial charge on any atom is 0.241 e. The molecule has 108 valence electrons. The molecule has 0 heterocycles. The molecule has 6 heteroatoms. The molecule has 2 N–H and O–H groups in total. The largest absolute Gasteiger partial charge is 0.496 e. The van der Waals surface area contributed by atoms with E-state index in [4.69, 9.17) is 9.84 Å². The Bertz CT molecular complexity index is 579. The van der Waals surface area contributed by atoms with Crippen LogP contribution in [0.5, 0.6) is 5.75 Å². The van der Waals surface area contributed by atoms with E-state index in [0.29, 0.717) is 16.9 Å². The molecular weight excluding hydrogens is 266 g/mol. The fraction of sp³-hybridized carbons (Fsp3) is 0.538. The van der Waals surface area contributed by atoms with Gasteiger partial charge in [-0.1, -0.05) is 0 Å². The summed E-state index contributed by atoms with van der Waals surface area (Å²) in [5, 5.41) is 8.76. The number of nitrogens with one attached hydrogen (secondary N) is 1. The molecule has 0 amide bonds. The van der Waals surface area contributed by atoms with Crippen LogP contribution in [0, 0.1) is 27.7 Å². The number of ether oxygens (including phenoxy) is 1. The minimum atomic E-state index is -3.65. The summed E-state index contributed by atoms with van der Waals surface area (Å²) in [4.78, 5) is 0.237. The Morgan fingerprint density at radius 1 is 1.05 bits per heavy atom. The molecule has 0 radical (unpaired) electrons. The third-order valence-corrected chi connectivity index (χ3v) is 5.10. The van der Waals surface area contributed by atoms with Crippen molar-refractivity contribution in [1.29, 1.82) is 0 Å². The highest BCUT2D eigenvalue weighted by Gasteiger charge is 2.24. The maximum atomic E-state index is 12.3. The maximum absolute atomic E-state index is 12.3. The molecule has 0 saturated heterocycles. The summed E-state index contributed by atoms with van der Waals surface area (Å²) >= 11 is 0. The van der Waals surface area contributed by atoms with Gasteiger partial charge >= 0.3 is 0 Å². The first kappa shape index (κ1) is 15.9. The predicted molar refractivity (Wildman–Crippen MR) is 74.2 cm³/mol. The normalized spacial score (nSPS) is 11.7. The Morgan fingerprint density at radius 3 is 2.11 bits per heavy atom. The average Bonchev–Trinajstić information content (AvgIpc) is 2.34. The zero-order valence-electron chi connectivity index (χ0n) is 12.0. The van der Waals surface area contributed by atoms with Crippen molar-refractivity contribution >= 4 is 10.0 Å². The molecule has 0 aliphatic carbocycles. The number of aliphatic hydroxyl groups is 1. The van der Waals surface area contributed by atoms with Crippen LogP contribution in [-0.2, 0) is 10.0 Å². The zero-order chi connectivity index (χ0) is 14.8. The van der Waals surface area contributed by atoms with E-state index in [1.807, 2.05) is 13.8 Å². The Labute approximate surface area is 114 Å². The Hall–Kier alpha value is -1.11. The molecule has 1 rings (SSSR count). The smallest absolute Gasteiger partial charge is 0.241 e. The standard InChI is InChI=1S/C13H21NO4S/c1-8-9(2)12(18-5)11(4)13(10(8)3)19(16,17)14-6-7-15/h14-15H,6-7H2,1-5H3. The van der Waals surface area contributed by atoms with Gasteiger partial charge in [0.15, 0.2) is 0 Å². The summed E-state index contributed by atoms with van der Waals surface area (Å²) in [5.74, 6) is 0.590. The van der Waals surface area contributed by atoms with E-state index in [-0.39, 0.29) is 18.0 Å². The number of methoxy groups -OCH3 is 1. The lowest BCUT2D eigenvalue weighted by molar-refractivity contribution is 0.301. The molecule has 0 bridgehead atoms. The van der Waals surface area contributed by atoms with Crippen LogP contribution in [0.3, 0.4) is 0 Å². The van der Waals surface area contributed by atoms with Crippen molar-refractivity contribution in [1.82, 2.24) is 4.72 Å². The number of hydrogen-bond donors (Lipinski definition) is 2. The van der Waals surface area contributed by atoms with Crippen LogP contribution in [0.25, 0.3) is 0 Å². The van der Waals surface area contributed by atoms with Gasteiger partial charge in [-0.15, -0.1) is 0 Å². The summed E-state index contributed by atoms with van der Waals surface area (Å²) < 4.78 is 32.3. The topological polar surface area (TPSA) is 75.6 Å². The van der Waals surface area contributed by atoms with Gasteiger partial charge in [0.25, 0.3) is 0 Å².